The molecule has 6 heteroatoms. The van der Waals surface area contributed by atoms with E-state index in [-0.39, 0.29) is 0 Å². The molecule has 0 atom stereocenters. The Morgan fingerprint density at radius 2 is 2.04 bits per heavy atom. The Hall–Kier alpha value is -2.53. The minimum atomic E-state index is -0.398. The van der Waals surface area contributed by atoms with Crippen LogP contribution in [0.15, 0.2) is 42.7 Å². The normalized spacial score (nSPS) is 10.7. The third-order valence-electron chi connectivity index (χ3n) is 3.55. The van der Waals surface area contributed by atoms with Crippen molar-refractivity contribution in [3.63, 3.8) is 0 Å². The minimum Gasteiger partial charge on any atom is -0.491 e. The minimum absolute atomic E-state index is 0.360. The van der Waals surface area contributed by atoms with E-state index in [9.17, 15) is 4.79 Å². The van der Waals surface area contributed by atoms with Crippen molar-refractivity contribution in [3.8, 4) is 11.5 Å². The number of aromatic nitrogens is 1. The summed E-state index contributed by atoms with van der Waals surface area (Å²) < 4.78 is 16.0. The van der Waals surface area contributed by atoms with Crippen LogP contribution in [0.2, 0.25) is 5.02 Å². The summed E-state index contributed by atoms with van der Waals surface area (Å²) >= 11 is 6.19. The number of pyridine rings is 1. The van der Waals surface area contributed by atoms with Crippen molar-refractivity contribution in [1.29, 1.82) is 0 Å². The fraction of sp³-hybridized carbons (Fsp3) is 0.300. The molecule has 0 aliphatic rings. The lowest BCUT2D eigenvalue weighted by Gasteiger charge is -2.11. The van der Waals surface area contributed by atoms with Gasteiger partial charge in [0.2, 0.25) is 0 Å². The van der Waals surface area contributed by atoms with E-state index in [2.05, 4.69) is 4.98 Å². The molecule has 0 spiro atoms. The van der Waals surface area contributed by atoms with Gasteiger partial charge in [-0.15, -0.1) is 0 Å². The van der Waals surface area contributed by atoms with Gasteiger partial charge in [0.15, 0.2) is 11.5 Å². The summed E-state index contributed by atoms with van der Waals surface area (Å²) in [6, 6.07) is 7.37. The number of carbonyl (C=O) groups is 1. The second-order valence-corrected chi connectivity index (χ2v) is 5.83. The molecule has 0 radical (unpaired) electrons. The van der Waals surface area contributed by atoms with Gasteiger partial charge in [-0.05, 0) is 61.2 Å². The molecule has 0 fully saturated rings. The van der Waals surface area contributed by atoms with Crippen LogP contribution in [0, 0.1) is 0 Å². The van der Waals surface area contributed by atoms with Crippen molar-refractivity contribution in [2.75, 3.05) is 20.3 Å². The highest BCUT2D eigenvalue weighted by atomic mass is 35.5. The number of benzene rings is 1. The summed E-state index contributed by atoms with van der Waals surface area (Å²) in [7, 11) is 1.53. The van der Waals surface area contributed by atoms with Crippen molar-refractivity contribution in [3.05, 3.63) is 58.9 Å². The van der Waals surface area contributed by atoms with Crippen molar-refractivity contribution < 1.29 is 19.0 Å². The van der Waals surface area contributed by atoms with Gasteiger partial charge >= 0.3 is 5.97 Å². The van der Waals surface area contributed by atoms with Crippen molar-refractivity contribution in [1.82, 2.24) is 4.98 Å². The van der Waals surface area contributed by atoms with Crippen LogP contribution in [0.4, 0.5) is 0 Å². The molecule has 1 aromatic carbocycles. The summed E-state index contributed by atoms with van der Waals surface area (Å²) in [5, 5.41) is 0.420. The monoisotopic (exact) mass is 375 g/mol. The Morgan fingerprint density at radius 1 is 1.27 bits per heavy atom. The standard InChI is InChI=1S/C20H22ClNO4/c1-3-25-18-14-16(13-17(21)20(18)24-2)6-7-19(23)26-12-4-5-15-8-10-22-11-9-15/h6-11,13-14H,3-5,12H2,1-2H3/b7-6+. The summed E-state index contributed by atoms with van der Waals surface area (Å²) in [6.07, 6.45) is 8.11. The molecule has 1 heterocycles. The predicted octanol–water partition coefficient (Wildman–Crippen LogP) is 4.33. The fourth-order valence-corrected chi connectivity index (χ4v) is 2.65. The summed E-state index contributed by atoms with van der Waals surface area (Å²) in [5.41, 5.74) is 1.90. The van der Waals surface area contributed by atoms with Gasteiger partial charge in [-0.2, -0.15) is 0 Å². The first kappa shape index (κ1) is 19.8. The van der Waals surface area contributed by atoms with Crippen LogP contribution in [0.5, 0.6) is 11.5 Å². The number of methoxy groups -OCH3 is 1. The molecule has 138 valence electrons. The van der Waals surface area contributed by atoms with Crippen LogP contribution in [0.1, 0.15) is 24.5 Å². The first-order valence-electron chi connectivity index (χ1n) is 8.38. The van der Waals surface area contributed by atoms with Crippen LogP contribution in [-0.2, 0) is 16.0 Å². The Kier molecular flexibility index (Phi) is 7.96. The molecule has 0 N–H and O–H groups in total. The molecule has 2 aromatic rings. The number of carbonyl (C=O) groups excluding carboxylic acids is 1. The largest absolute Gasteiger partial charge is 0.491 e. The number of aryl methyl sites for hydroxylation is 1. The number of ether oxygens (including phenoxy) is 3. The smallest absolute Gasteiger partial charge is 0.330 e. The van der Waals surface area contributed by atoms with E-state index < -0.39 is 5.97 Å². The Labute approximate surface area is 158 Å². The molecular weight excluding hydrogens is 354 g/mol. The zero-order valence-corrected chi connectivity index (χ0v) is 15.7. The molecule has 0 unspecified atom stereocenters. The fourth-order valence-electron chi connectivity index (χ4n) is 2.36. The summed E-state index contributed by atoms with van der Waals surface area (Å²) in [5.74, 6) is 0.613. The highest BCUT2D eigenvalue weighted by molar-refractivity contribution is 6.32. The lowest BCUT2D eigenvalue weighted by atomic mass is 10.1. The molecule has 2 rings (SSSR count). The molecule has 0 saturated heterocycles. The van der Waals surface area contributed by atoms with Crippen LogP contribution in [0.25, 0.3) is 6.08 Å². The average molecular weight is 376 g/mol. The zero-order chi connectivity index (χ0) is 18.8. The van der Waals surface area contributed by atoms with E-state index in [1.165, 1.54) is 18.7 Å². The molecular formula is C20H22ClNO4. The number of nitrogens with zero attached hydrogens (tertiary/aromatic N) is 1. The molecule has 26 heavy (non-hydrogen) atoms. The predicted molar refractivity (Wildman–Crippen MR) is 102 cm³/mol. The van der Waals surface area contributed by atoms with Crippen molar-refractivity contribution >= 4 is 23.6 Å². The highest BCUT2D eigenvalue weighted by Gasteiger charge is 2.10. The molecule has 0 bridgehead atoms. The van der Waals surface area contributed by atoms with Crippen molar-refractivity contribution in [2.24, 2.45) is 0 Å². The quantitative estimate of drug-likeness (QED) is 0.371. The second kappa shape index (κ2) is 10.5. The van der Waals surface area contributed by atoms with Gasteiger partial charge in [0.25, 0.3) is 0 Å². The van der Waals surface area contributed by atoms with Gasteiger partial charge in [0.05, 0.1) is 25.3 Å². The molecule has 0 aliphatic carbocycles. The SMILES string of the molecule is CCOc1cc(/C=C/C(=O)OCCCc2ccncc2)cc(Cl)c1OC. The van der Waals surface area contributed by atoms with E-state index in [0.717, 1.165) is 18.4 Å². The van der Waals surface area contributed by atoms with Gasteiger partial charge in [0.1, 0.15) is 0 Å². The van der Waals surface area contributed by atoms with Gasteiger partial charge < -0.3 is 14.2 Å². The van der Waals surface area contributed by atoms with Crippen LogP contribution >= 0.6 is 11.6 Å². The third kappa shape index (κ3) is 6.08. The third-order valence-corrected chi connectivity index (χ3v) is 3.83. The Bertz CT molecular complexity index is 747. The lowest BCUT2D eigenvalue weighted by molar-refractivity contribution is -0.137. The second-order valence-electron chi connectivity index (χ2n) is 5.43. The van der Waals surface area contributed by atoms with E-state index in [1.807, 2.05) is 19.1 Å². The van der Waals surface area contributed by atoms with Crippen LogP contribution < -0.4 is 9.47 Å². The maximum Gasteiger partial charge on any atom is 0.330 e. The molecule has 1 aromatic heterocycles. The van der Waals surface area contributed by atoms with E-state index >= 15 is 0 Å². The maximum atomic E-state index is 11.8. The number of rotatable bonds is 9. The van der Waals surface area contributed by atoms with Gasteiger partial charge in [-0.25, -0.2) is 4.79 Å². The van der Waals surface area contributed by atoms with Gasteiger partial charge in [0, 0.05) is 18.5 Å². The zero-order valence-electron chi connectivity index (χ0n) is 14.9. The van der Waals surface area contributed by atoms with E-state index in [1.54, 1.807) is 30.6 Å². The van der Waals surface area contributed by atoms with Crippen molar-refractivity contribution in [2.45, 2.75) is 19.8 Å². The van der Waals surface area contributed by atoms with Crippen LogP contribution in [0.3, 0.4) is 0 Å². The van der Waals surface area contributed by atoms with Gasteiger partial charge in [-0.1, -0.05) is 11.6 Å². The Morgan fingerprint density at radius 3 is 2.73 bits per heavy atom. The van der Waals surface area contributed by atoms with E-state index in [0.29, 0.717) is 29.7 Å². The number of halogens is 1. The summed E-state index contributed by atoms with van der Waals surface area (Å²) in [4.78, 5) is 15.8. The number of hydrogen-bond donors (Lipinski definition) is 0. The molecule has 0 amide bonds. The first-order valence-corrected chi connectivity index (χ1v) is 8.76. The van der Waals surface area contributed by atoms with E-state index in [4.69, 9.17) is 25.8 Å². The first-order chi connectivity index (χ1) is 12.6. The molecule has 5 nitrogen and oxygen atoms in total. The number of hydrogen-bond acceptors (Lipinski definition) is 5. The summed E-state index contributed by atoms with van der Waals surface area (Å²) in [6.45, 7) is 2.72. The lowest BCUT2D eigenvalue weighted by Crippen LogP contribution is -2.03. The molecule has 0 saturated carbocycles. The average Bonchev–Trinajstić information content (AvgIpc) is 2.64. The maximum absolute atomic E-state index is 11.8. The topological polar surface area (TPSA) is 57.7 Å². The Balaban J connectivity index is 1.87. The van der Waals surface area contributed by atoms with Gasteiger partial charge in [-0.3, -0.25) is 4.98 Å². The van der Waals surface area contributed by atoms with Crippen LogP contribution in [-0.4, -0.2) is 31.3 Å². The highest BCUT2D eigenvalue weighted by Crippen LogP contribution is 2.36. The molecule has 0 aliphatic heterocycles. The number of esters is 1.